The second kappa shape index (κ2) is 8.23. The predicted molar refractivity (Wildman–Crippen MR) is 105 cm³/mol. The summed E-state index contributed by atoms with van der Waals surface area (Å²) in [4.78, 5) is 12.9. The largest absolute Gasteiger partial charge is 0.480 e. The molecule has 0 aliphatic carbocycles. The van der Waals surface area contributed by atoms with E-state index in [1.54, 1.807) is 0 Å². The van der Waals surface area contributed by atoms with Gasteiger partial charge in [-0.25, -0.2) is 0 Å². The van der Waals surface area contributed by atoms with Gasteiger partial charge in [0.1, 0.15) is 0 Å². The van der Waals surface area contributed by atoms with Gasteiger partial charge in [0, 0.05) is 11.3 Å². The molecular formula is C21H27N3O3. The molecule has 2 N–H and O–H groups in total. The van der Waals surface area contributed by atoms with E-state index in [0.717, 1.165) is 61.2 Å². The normalized spacial score (nSPS) is 20.6. The van der Waals surface area contributed by atoms with Crippen molar-refractivity contribution in [3.63, 3.8) is 0 Å². The van der Waals surface area contributed by atoms with E-state index >= 15 is 0 Å². The lowest BCUT2D eigenvalue weighted by Crippen LogP contribution is -2.36. The lowest BCUT2D eigenvalue weighted by Gasteiger charge is -2.29. The number of benzene rings is 1. The Hall–Kier alpha value is -2.18. The van der Waals surface area contributed by atoms with Crippen LogP contribution in [0.2, 0.25) is 0 Å². The van der Waals surface area contributed by atoms with Gasteiger partial charge in [-0.15, -0.1) is 0 Å². The Morgan fingerprint density at radius 3 is 2.78 bits per heavy atom. The highest BCUT2D eigenvalue weighted by Gasteiger charge is 2.25. The van der Waals surface area contributed by atoms with Gasteiger partial charge in [0.25, 0.3) is 0 Å². The van der Waals surface area contributed by atoms with Crippen LogP contribution in [0.25, 0.3) is 17.0 Å². The maximum absolute atomic E-state index is 10.9. The number of piperidine rings is 2. The fourth-order valence-electron chi connectivity index (χ4n) is 4.21. The van der Waals surface area contributed by atoms with E-state index in [1.807, 2.05) is 4.90 Å². The molecule has 6 heteroatoms. The first-order valence-corrected chi connectivity index (χ1v) is 9.91. The van der Waals surface area contributed by atoms with Gasteiger partial charge in [-0.2, -0.15) is 0 Å². The Morgan fingerprint density at radius 1 is 1.26 bits per heavy atom. The zero-order chi connectivity index (χ0) is 18.6. The number of nitrogens with one attached hydrogen (secondary N) is 1. The topological polar surface area (TPSA) is 78.6 Å². The van der Waals surface area contributed by atoms with Crippen LogP contribution in [-0.4, -0.2) is 53.9 Å². The summed E-state index contributed by atoms with van der Waals surface area (Å²) in [6, 6.07) is 6.33. The van der Waals surface area contributed by atoms with Gasteiger partial charge in [0.2, 0.25) is 0 Å². The van der Waals surface area contributed by atoms with Crippen molar-refractivity contribution in [2.45, 2.75) is 31.6 Å². The second-order valence-corrected chi connectivity index (χ2v) is 7.71. The Balaban J connectivity index is 1.43. The molecule has 4 rings (SSSR count). The molecule has 2 fully saturated rings. The second-order valence-electron chi connectivity index (χ2n) is 7.71. The van der Waals surface area contributed by atoms with Crippen molar-refractivity contribution in [3.8, 4) is 0 Å². The molecule has 3 heterocycles. The number of likely N-dealkylation sites (tertiary alicyclic amines) is 1. The lowest BCUT2D eigenvalue weighted by molar-refractivity contribution is -0.138. The maximum Gasteiger partial charge on any atom is 0.317 e. The summed E-state index contributed by atoms with van der Waals surface area (Å²) in [5, 5.41) is 17.8. The molecule has 1 aromatic carbocycles. The summed E-state index contributed by atoms with van der Waals surface area (Å²) < 4.78 is 5.62. The molecule has 2 aliphatic heterocycles. The number of hydrogen-bond acceptors (Lipinski definition) is 5. The van der Waals surface area contributed by atoms with Gasteiger partial charge < -0.3 is 14.9 Å². The summed E-state index contributed by atoms with van der Waals surface area (Å²) in [6.45, 7) is 3.92. The van der Waals surface area contributed by atoms with Crippen LogP contribution in [0.3, 0.4) is 0 Å². The van der Waals surface area contributed by atoms with Crippen molar-refractivity contribution in [2.75, 3.05) is 32.7 Å². The SMILES string of the molecule is O=C(O)CN1CCC(c2noc3cc(C=CC4CCNCC4)ccc23)CC1. The average Bonchev–Trinajstić information content (AvgIpc) is 3.10. The molecule has 2 aromatic rings. The number of aromatic nitrogens is 1. The van der Waals surface area contributed by atoms with Crippen molar-refractivity contribution < 1.29 is 14.4 Å². The Bertz CT molecular complexity index is 815. The van der Waals surface area contributed by atoms with E-state index in [4.69, 9.17) is 9.63 Å². The monoisotopic (exact) mass is 369 g/mol. The number of aliphatic carboxylic acids is 1. The highest BCUT2D eigenvalue weighted by molar-refractivity contribution is 5.82. The van der Waals surface area contributed by atoms with E-state index in [9.17, 15) is 4.79 Å². The lowest BCUT2D eigenvalue weighted by atomic mass is 9.91. The number of carboxylic acids is 1. The van der Waals surface area contributed by atoms with Gasteiger partial charge in [-0.3, -0.25) is 9.69 Å². The Morgan fingerprint density at radius 2 is 2.04 bits per heavy atom. The molecule has 0 unspecified atom stereocenters. The third-order valence-corrected chi connectivity index (χ3v) is 5.80. The molecule has 144 valence electrons. The van der Waals surface area contributed by atoms with Crippen LogP contribution >= 0.6 is 0 Å². The van der Waals surface area contributed by atoms with Gasteiger partial charge in [-0.05, 0) is 75.5 Å². The summed E-state index contributed by atoms with van der Waals surface area (Å²) in [5.41, 5.74) is 3.01. The third-order valence-electron chi connectivity index (χ3n) is 5.80. The molecule has 2 aliphatic rings. The quantitative estimate of drug-likeness (QED) is 0.843. The fraction of sp³-hybridized carbons (Fsp3) is 0.524. The molecule has 0 radical (unpaired) electrons. The molecule has 0 bridgehead atoms. The molecular weight excluding hydrogens is 342 g/mol. The molecule has 6 nitrogen and oxygen atoms in total. The van der Waals surface area contributed by atoms with Crippen molar-refractivity contribution >= 4 is 23.0 Å². The summed E-state index contributed by atoms with van der Waals surface area (Å²) in [7, 11) is 0. The number of allylic oxidation sites excluding steroid dienone is 1. The number of carbonyl (C=O) groups is 1. The van der Waals surface area contributed by atoms with Crippen molar-refractivity contribution in [2.24, 2.45) is 5.92 Å². The molecule has 0 atom stereocenters. The zero-order valence-electron chi connectivity index (χ0n) is 15.6. The first kappa shape index (κ1) is 18.2. The minimum Gasteiger partial charge on any atom is -0.480 e. The van der Waals surface area contributed by atoms with Gasteiger partial charge in [0.15, 0.2) is 5.58 Å². The number of fused-ring (bicyclic) bond motifs is 1. The molecule has 2 saturated heterocycles. The first-order valence-electron chi connectivity index (χ1n) is 9.91. The van der Waals surface area contributed by atoms with E-state index in [1.165, 1.54) is 12.8 Å². The molecule has 1 aromatic heterocycles. The number of rotatable bonds is 5. The van der Waals surface area contributed by atoms with Gasteiger partial charge in [-0.1, -0.05) is 23.4 Å². The smallest absolute Gasteiger partial charge is 0.317 e. The van der Waals surface area contributed by atoms with Crippen molar-refractivity contribution in [1.82, 2.24) is 15.4 Å². The van der Waals surface area contributed by atoms with E-state index < -0.39 is 5.97 Å². The van der Waals surface area contributed by atoms with Gasteiger partial charge in [0.05, 0.1) is 12.2 Å². The van der Waals surface area contributed by atoms with E-state index in [-0.39, 0.29) is 6.54 Å². The standard InChI is InChI=1S/C21H27N3O3/c25-20(26)14-24-11-7-17(8-12-24)21-18-4-3-16(13-19(18)27-23-21)2-1-15-5-9-22-10-6-15/h1-4,13,15,17,22H,5-12,14H2,(H,25,26). The summed E-state index contributed by atoms with van der Waals surface area (Å²) in [5.74, 6) is 0.237. The maximum atomic E-state index is 10.9. The van der Waals surface area contributed by atoms with Crippen LogP contribution in [0.4, 0.5) is 0 Å². The number of nitrogens with zero attached hydrogens (tertiary/aromatic N) is 2. The highest BCUT2D eigenvalue weighted by atomic mass is 16.5. The van der Waals surface area contributed by atoms with E-state index in [2.05, 4.69) is 40.8 Å². The van der Waals surface area contributed by atoms with Crippen LogP contribution in [-0.2, 0) is 4.79 Å². The minimum atomic E-state index is -0.759. The van der Waals surface area contributed by atoms with Crippen LogP contribution in [0, 0.1) is 5.92 Å². The highest BCUT2D eigenvalue weighted by Crippen LogP contribution is 2.33. The first-order chi connectivity index (χ1) is 13.2. The molecule has 0 saturated carbocycles. The van der Waals surface area contributed by atoms with Crippen molar-refractivity contribution in [3.05, 3.63) is 35.5 Å². The predicted octanol–water partition coefficient (Wildman–Crippen LogP) is 3.10. The van der Waals surface area contributed by atoms with Crippen LogP contribution in [0.1, 0.15) is 42.9 Å². The van der Waals surface area contributed by atoms with Crippen LogP contribution < -0.4 is 5.32 Å². The zero-order valence-corrected chi connectivity index (χ0v) is 15.6. The molecule has 27 heavy (non-hydrogen) atoms. The molecule has 0 amide bonds. The number of hydrogen-bond donors (Lipinski definition) is 2. The summed E-state index contributed by atoms with van der Waals surface area (Å²) in [6.07, 6.45) is 8.76. The third kappa shape index (κ3) is 4.39. The fourth-order valence-corrected chi connectivity index (χ4v) is 4.21. The van der Waals surface area contributed by atoms with E-state index in [0.29, 0.717) is 11.8 Å². The average molecular weight is 369 g/mol. The molecule has 0 spiro atoms. The van der Waals surface area contributed by atoms with Crippen molar-refractivity contribution in [1.29, 1.82) is 0 Å². The minimum absolute atomic E-state index is 0.124. The van der Waals surface area contributed by atoms with Crippen LogP contribution in [0.15, 0.2) is 28.8 Å². The Labute approximate surface area is 159 Å². The Kier molecular flexibility index (Phi) is 5.55. The van der Waals surface area contributed by atoms with Gasteiger partial charge >= 0.3 is 5.97 Å². The van der Waals surface area contributed by atoms with Crippen LogP contribution in [0.5, 0.6) is 0 Å². The number of carboxylic acid groups (broad SMARTS) is 1. The summed E-state index contributed by atoms with van der Waals surface area (Å²) >= 11 is 0.